The van der Waals surface area contributed by atoms with E-state index in [1.807, 2.05) is 0 Å². The molecule has 0 bridgehead atoms. The van der Waals surface area contributed by atoms with Gasteiger partial charge in [0.2, 0.25) is 17.9 Å². The van der Waals surface area contributed by atoms with Crippen LogP contribution in [0.3, 0.4) is 0 Å². The van der Waals surface area contributed by atoms with Gasteiger partial charge in [0.15, 0.2) is 5.71 Å². The number of hydrogen-bond donors (Lipinski definition) is 2. The number of hydrogen-bond acceptors (Lipinski definition) is 8. The van der Waals surface area contributed by atoms with Crippen LogP contribution in [0.5, 0.6) is 0 Å². The minimum atomic E-state index is -1.20. The second-order valence-corrected chi connectivity index (χ2v) is 5.19. The van der Waals surface area contributed by atoms with E-state index in [1.165, 1.54) is 0 Å². The Labute approximate surface area is 121 Å². The summed E-state index contributed by atoms with van der Waals surface area (Å²) in [6, 6.07) is -1.17. The van der Waals surface area contributed by atoms with Gasteiger partial charge in [-0.3, -0.25) is 10.7 Å². The summed E-state index contributed by atoms with van der Waals surface area (Å²) < 4.78 is 10.8. The maximum atomic E-state index is 12.2. The van der Waals surface area contributed by atoms with Crippen molar-refractivity contribution in [3.8, 4) is 0 Å². The van der Waals surface area contributed by atoms with Crippen LogP contribution in [0.15, 0.2) is 10.1 Å². The lowest BCUT2D eigenvalue weighted by molar-refractivity contribution is -0.503. The van der Waals surface area contributed by atoms with Crippen LogP contribution < -0.4 is 5.73 Å². The van der Waals surface area contributed by atoms with Crippen molar-refractivity contribution in [2.45, 2.75) is 38.6 Å². The highest BCUT2D eigenvalue weighted by molar-refractivity contribution is 6.70. The van der Waals surface area contributed by atoms with Crippen LogP contribution in [-0.2, 0) is 14.3 Å². The molecule has 9 heteroatoms. The molecular weight excluding hydrogens is 280 g/mol. The number of oxime groups is 1. The van der Waals surface area contributed by atoms with Gasteiger partial charge >= 0.3 is 5.97 Å². The Morgan fingerprint density at radius 2 is 2.38 bits per heavy atom. The summed E-state index contributed by atoms with van der Waals surface area (Å²) in [6.07, 6.45) is -1.20. The first-order chi connectivity index (χ1) is 9.83. The molecule has 2 aliphatic heterocycles. The van der Waals surface area contributed by atoms with E-state index in [4.69, 9.17) is 15.2 Å². The molecule has 2 atom stereocenters. The van der Waals surface area contributed by atoms with E-state index < -0.39 is 23.8 Å². The molecule has 2 aliphatic rings. The number of esters is 1. The van der Waals surface area contributed by atoms with Gasteiger partial charge in [0.25, 0.3) is 0 Å². The van der Waals surface area contributed by atoms with Crippen molar-refractivity contribution < 1.29 is 24.2 Å². The van der Waals surface area contributed by atoms with Crippen LogP contribution in [-0.4, -0.2) is 64.1 Å². The van der Waals surface area contributed by atoms with E-state index in [0.29, 0.717) is 4.74 Å². The lowest BCUT2D eigenvalue weighted by Gasteiger charge is -2.35. The fourth-order valence-electron chi connectivity index (χ4n) is 2.22. The molecule has 0 spiro atoms. The Kier molecular flexibility index (Phi) is 3.97. The largest absolute Gasteiger partial charge is 0.622 e. The van der Waals surface area contributed by atoms with Gasteiger partial charge in [0.05, 0.1) is 6.61 Å². The second kappa shape index (κ2) is 5.41. The van der Waals surface area contributed by atoms with E-state index in [1.54, 1.807) is 20.8 Å². The highest BCUT2D eigenvalue weighted by Gasteiger charge is 2.48. The molecule has 0 aromatic rings. The summed E-state index contributed by atoms with van der Waals surface area (Å²) in [6.45, 7) is 5.11. The number of carbonyl (C=O) groups excluding carboxylic acids is 1. The predicted molar refractivity (Wildman–Crippen MR) is 73.7 cm³/mol. The van der Waals surface area contributed by atoms with Gasteiger partial charge in [0, 0.05) is 0 Å². The molecule has 0 unspecified atom stereocenters. The van der Waals surface area contributed by atoms with E-state index in [-0.39, 0.29) is 30.3 Å². The number of fused-ring (bicyclic) bond motifs is 1. The zero-order valence-corrected chi connectivity index (χ0v) is 12.1. The Morgan fingerprint density at radius 1 is 1.71 bits per heavy atom. The van der Waals surface area contributed by atoms with Crippen molar-refractivity contribution in [2.75, 3.05) is 13.2 Å². The first-order valence-electron chi connectivity index (χ1n) is 6.53. The second-order valence-electron chi connectivity index (χ2n) is 5.19. The van der Waals surface area contributed by atoms with Crippen molar-refractivity contribution in [2.24, 2.45) is 15.9 Å². The quantitative estimate of drug-likeness (QED) is 0.226. The van der Waals surface area contributed by atoms with E-state index in [2.05, 4.69) is 10.1 Å². The van der Waals surface area contributed by atoms with Crippen molar-refractivity contribution in [1.29, 1.82) is 0 Å². The third-order valence-electron chi connectivity index (χ3n) is 3.39. The summed E-state index contributed by atoms with van der Waals surface area (Å²) in [4.78, 5) is 16.0. The molecular formula is C12H18N4O5. The first-order valence-corrected chi connectivity index (χ1v) is 6.53. The van der Waals surface area contributed by atoms with E-state index >= 15 is 0 Å². The molecule has 2 heterocycles. The Hall–Kier alpha value is -2.00. The van der Waals surface area contributed by atoms with Gasteiger partial charge in [-0.25, -0.2) is 4.79 Å². The molecule has 0 aromatic carbocycles. The standard InChI is InChI=1S/C12H18N4O5/c1-4-20-11(17)8-10(13)16(19)6-5-21-12(2,3)9(15-18)7(6)14-8/h8,10,18H,4-5,13H2,1-3H3/b15-9-/t8-,10-/m1/s1. The highest BCUT2D eigenvalue weighted by Crippen LogP contribution is 2.22. The molecule has 0 saturated carbocycles. The van der Waals surface area contributed by atoms with Crippen molar-refractivity contribution in [1.82, 2.24) is 0 Å². The number of ether oxygens (including phenoxy) is 2. The Balaban J connectivity index is 2.48. The third-order valence-corrected chi connectivity index (χ3v) is 3.39. The first kappa shape index (κ1) is 15.4. The van der Waals surface area contributed by atoms with E-state index in [9.17, 15) is 15.2 Å². The van der Waals surface area contributed by atoms with Gasteiger partial charge in [-0.1, -0.05) is 5.16 Å². The number of hydroxylamine groups is 1. The highest BCUT2D eigenvalue weighted by atomic mass is 16.5. The molecule has 21 heavy (non-hydrogen) atoms. The van der Waals surface area contributed by atoms with Crippen LogP contribution >= 0.6 is 0 Å². The molecule has 116 valence electrons. The molecule has 0 aliphatic carbocycles. The third kappa shape index (κ3) is 2.49. The zero-order valence-electron chi connectivity index (χ0n) is 12.1. The zero-order chi connectivity index (χ0) is 15.8. The normalized spacial score (nSPS) is 29.9. The number of aliphatic imine (C=N–C) groups is 1. The number of nitrogens with zero attached hydrogens (tertiary/aromatic N) is 3. The molecule has 0 aromatic heterocycles. The fourth-order valence-corrected chi connectivity index (χ4v) is 2.22. The monoisotopic (exact) mass is 298 g/mol. The SMILES string of the molecule is CCOC(=O)[C@@H]1N=C2C(=[N+]([O-])[C@H]1N)COC(C)(C)/C2=N\O. The average molecular weight is 298 g/mol. The Morgan fingerprint density at radius 3 is 2.95 bits per heavy atom. The maximum absolute atomic E-state index is 12.2. The fraction of sp³-hybridized carbons (Fsp3) is 0.667. The average Bonchev–Trinajstić information content (AvgIpc) is 2.42. The maximum Gasteiger partial charge on any atom is 0.339 e. The molecule has 9 nitrogen and oxygen atoms in total. The van der Waals surface area contributed by atoms with Crippen LogP contribution in [0.1, 0.15) is 20.8 Å². The molecule has 0 amide bonds. The summed E-state index contributed by atoms with van der Waals surface area (Å²) >= 11 is 0. The molecule has 1 fully saturated rings. The number of rotatable bonds is 2. The lowest BCUT2D eigenvalue weighted by atomic mass is 9.91. The van der Waals surface area contributed by atoms with E-state index in [0.717, 1.165) is 0 Å². The molecule has 1 saturated heterocycles. The van der Waals surface area contributed by atoms with Crippen molar-refractivity contribution in [3.05, 3.63) is 5.21 Å². The molecule has 0 radical (unpaired) electrons. The topological polar surface area (TPSA) is 133 Å². The predicted octanol–water partition coefficient (Wildman–Crippen LogP) is -0.752. The Bertz CT molecular complexity index is 552. The van der Waals surface area contributed by atoms with Crippen LogP contribution in [0.25, 0.3) is 0 Å². The van der Waals surface area contributed by atoms with Crippen LogP contribution in [0.4, 0.5) is 0 Å². The summed E-state index contributed by atoms with van der Waals surface area (Å²) in [5, 5.41) is 24.6. The van der Waals surface area contributed by atoms with Gasteiger partial charge in [-0.2, -0.15) is 4.74 Å². The summed E-state index contributed by atoms with van der Waals surface area (Å²) in [5.74, 6) is -0.695. The van der Waals surface area contributed by atoms with Gasteiger partial charge in [0.1, 0.15) is 17.9 Å². The minimum absolute atomic E-state index is 0.0302. The lowest BCUT2D eigenvalue weighted by Crippen LogP contribution is -2.60. The van der Waals surface area contributed by atoms with Crippen molar-refractivity contribution >= 4 is 23.1 Å². The van der Waals surface area contributed by atoms with Gasteiger partial charge in [-0.05, 0) is 20.8 Å². The van der Waals surface area contributed by atoms with Crippen LogP contribution in [0, 0.1) is 5.21 Å². The smallest absolute Gasteiger partial charge is 0.339 e. The number of carbonyl (C=O) groups is 1. The van der Waals surface area contributed by atoms with Crippen LogP contribution in [0.2, 0.25) is 0 Å². The molecule has 2 rings (SSSR count). The summed E-state index contributed by atoms with van der Waals surface area (Å²) in [7, 11) is 0. The molecule has 3 N–H and O–H groups in total. The summed E-state index contributed by atoms with van der Waals surface area (Å²) in [5.41, 5.74) is 5.15. The minimum Gasteiger partial charge on any atom is -0.622 e. The van der Waals surface area contributed by atoms with Gasteiger partial charge in [-0.15, -0.1) is 0 Å². The van der Waals surface area contributed by atoms with Crippen molar-refractivity contribution in [3.63, 3.8) is 0 Å². The van der Waals surface area contributed by atoms with Gasteiger partial charge < -0.3 is 19.9 Å². The number of nitrogens with two attached hydrogens (primary N) is 1.